The lowest BCUT2D eigenvalue weighted by Gasteiger charge is -2.20. The first-order valence-electron chi connectivity index (χ1n) is 5.37. The number of benzene rings is 1. The molecule has 98 valence electrons. The number of anilines is 1. The van der Waals surface area contributed by atoms with E-state index in [-0.39, 0.29) is 12.5 Å². The lowest BCUT2D eigenvalue weighted by molar-refractivity contribution is -0.125. The summed E-state index contributed by atoms with van der Waals surface area (Å²) in [6.45, 7) is 3.51. The van der Waals surface area contributed by atoms with E-state index in [0.29, 0.717) is 15.7 Å². The number of primary amides is 1. The summed E-state index contributed by atoms with van der Waals surface area (Å²) in [7, 11) is 0. The Balaban J connectivity index is 2.78. The number of carbonyl (C=O) groups excluding carboxylic acids is 2. The standard InChI is InChI=1S/C12H16BrN3O2/c1-12(2,11(15)18)6-16-10(17)8-5-7(14)3-4-9(8)13/h3-5H,6,14H2,1-2H3,(H2,15,18)(H,16,17). The molecule has 0 atom stereocenters. The maximum Gasteiger partial charge on any atom is 0.252 e. The molecule has 0 aliphatic rings. The molecule has 0 unspecified atom stereocenters. The van der Waals surface area contributed by atoms with Crippen LogP contribution in [0, 0.1) is 5.41 Å². The highest BCUT2D eigenvalue weighted by Gasteiger charge is 2.25. The van der Waals surface area contributed by atoms with Crippen molar-refractivity contribution in [2.24, 2.45) is 11.1 Å². The van der Waals surface area contributed by atoms with Crippen LogP contribution in [0.2, 0.25) is 0 Å². The zero-order valence-corrected chi connectivity index (χ0v) is 11.9. The van der Waals surface area contributed by atoms with Crippen molar-refractivity contribution in [2.75, 3.05) is 12.3 Å². The first-order valence-corrected chi connectivity index (χ1v) is 6.16. The molecule has 2 amide bonds. The highest BCUT2D eigenvalue weighted by atomic mass is 79.9. The topological polar surface area (TPSA) is 98.2 Å². The summed E-state index contributed by atoms with van der Waals surface area (Å²) in [5, 5.41) is 2.66. The number of amides is 2. The summed E-state index contributed by atoms with van der Waals surface area (Å²) < 4.78 is 0.645. The summed E-state index contributed by atoms with van der Waals surface area (Å²) in [5.74, 6) is -0.766. The Morgan fingerprint density at radius 1 is 1.39 bits per heavy atom. The second-order valence-electron chi connectivity index (χ2n) is 4.67. The first-order chi connectivity index (χ1) is 8.24. The fourth-order valence-corrected chi connectivity index (χ4v) is 1.63. The van der Waals surface area contributed by atoms with Crippen molar-refractivity contribution in [3.8, 4) is 0 Å². The van der Waals surface area contributed by atoms with Crippen LogP contribution in [0.5, 0.6) is 0 Å². The maximum atomic E-state index is 11.9. The van der Waals surface area contributed by atoms with Gasteiger partial charge in [0.1, 0.15) is 0 Å². The molecule has 0 saturated carbocycles. The van der Waals surface area contributed by atoms with Gasteiger partial charge in [-0.3, -0.25) is 9.59 Å². The molecule has 1 aromatic rings. The molecule has 18 heavy (non-hydrogen) atoms. The summed E-state index contributed by atoms with van der Waals surface area (Å²) >= 11 is 3.27. The van der Waals surface area contributed by atoms with Gasteiger partial charge in [0.15, 0.2) is 0 Å². The van der Waals surface area contributed by atoms with Crippen LogP contribution in [0.3, 0.4) is 0 Å². The van der Waals surface area contributed by atoms with Crippen LogP contribution in [0.25, 0.3) is 0 Å². The van der Waals surface area contributed by atoms with Gasteiger partial charge in [0, 0.05) is 16.7 Å². The van der Waals surface area contributed by atoms with Gasteiger partial charge in [-0.1, -0.05) is 0 Å². The molecule has 0 saturated heterocycles. The van der Waals surface area contributed by atoms with E-state index in [0.717, 1.165) is 0 Å². The molecule has 5 nitrogen and oxygen atoms in total. The lowest BCUT2D eigenvalue weighted by atomic mass is 9.92. The van der Waals surface area contributed by atoms with Crippen LogP contribution in [-0.4, -0.2) is 18.4 Å². The number of nitrogens with two attached hydrogens (primary N) is 2. The molecule has 1 rings (SSSR count). The average molecular weight is 314 g/mol. The summed E-state index contributed by atoms with van der Waals surface area (Å²) in [5.41, 5.74) is 11.0. The zero-order valence-electron chi connectivity index (χ0n) is 10.3. The molecule has 6 heteroatoms. The van der Waals surface area contributed by atoms with Crippen molar-refractivity contribution in [1.29, 1.82) is 0 Å². The van der Waals surface area contributed by atoms with Crippen LogP contribution < -0.4 is 16.8 Å². The average Bonchev–Trinajstić information content (AvgIpc) is 2.29. The quantitative estimate of drug-likeness (QED) is 0.730. The van der Waals surface area contributed by atoms with Crippen LogP contribution in [0.4, 0.5) is 5.69 Å². The van der Waals surface area contributed by atoms with E-state index >= 15 is 0 Å². The Morgan fingerprint density at radius 2 is 2.00 bits per heavy atom. The third kappa shape index (κ3) is 3.46. The maximum absolute atomic E-state index is 11.9. The van der Waals surface area contributed by atoms with Crippen molar-refractivity contribution in [1.82, 2.24) is 5.32 Å². The van der Waals surface area contributed by atoms with E-state index in [9.17, 15) is 9.59 Å². The van der Waals surface area contributed by atoms with E-state index < -0.39 is 11.3 Å². The highest BCUT2D eigenvalue weighted by Crippen LogP contribution is 2.20. The van der Waals surface area contributed by atoms with Crippen molar-refractivity contribution in [3.05, 3.63) is 28.2 Å². The number of carbonyl (C=O) groups is 2. The van der Waals surface area contributed by atoms with Gasteiger partial charge in [0.25, 0.3) is 5.91 Å². The molecule has 0 radical (unpaired) electrons. The van der Waals surface area contributed by atoms with Gasteiger partial charge in [-0.2, -0.15) is 0 Å². The van der Waals surface area contributed by atoms with Crippen LogP contribution in [-0.2, 0) is 4.79 Å². The molecular formula is C12H16BrN3O2. The second-order valence-corrected chi connectivity index (χ2v) is 5.52. The molecule has 5 N–H and O–H groups in total. The Hall–Kier alpha value is -1.56. The molecule has 0 fully saturated rings. The Kier molecular flexibility index (Phi) is 4.34. The predicted octanol–water partition coefficient (Wildman–Crippen LogP) is 1.27. The molecule has 0 aliphatic heterocycles. The minimum absolute atomic E-state index is 0.169. The fraction of sp³-hybridized carbons (Fsp3) is 0.333. The molecule has 0 bridgehead atoms. The number of hydrogen-bond donors (Lipinski definition) is 3. The number of nitrogen functional groups attached to an aromatic ring is 1. The van der Waals surface area contributed by atoms with Crippen molar-refractivity contribution in [2.45, 2.75) is 13.8 Å². The van der Waals surface area contributed by atoms with Gasteiger partial charge in [-0.05, 0) is 48.0 Å². The largest absolute Gasteiger partial charge is 0.399 e. The molecule has 1 aromatic carbocycles. The fourth-order valence-electron chi connectivity index (χ4n) is 1.20. The van der Waals surface area contributed by atoms with Gasteiger partial charge < -0.3 is 16.8 Å². The normalized spacial score (nSPS) is 11.1. The molecule has 0 aliphatic carbocycles. The SMILES string of the molecule is CC(C)(CNC(=O)c1cc(N)ccc1Br)C(N)=O. The minimum Gasteiger partial charge on any atom is -0.399 e. The first kappa shape index (κ1) is 14.5. The van der Waals surface area contributed by atoms with Gasteiger partial charge >= 0.3 is 0 Å². The van der Waals surface area contributed by atoms with Crippen molar-refractivity contribution >= 4 is 33.4 Å². The molecule has 0 spiro atoms. The number of hydrogen-bond acceptors (Lipinski definition) is 3. The van der Waals surface area contributed by atoms with E-state index in [1.54, 1.807) is 32.0 Å². The lowest BCUT2D eigenvalue weighted by Crippen LogP contribution is -2.42. The monoisotopic (exact) mass is 313 g/mol. The highest BCUT2D eigenvalue weighted by molar-refractivity contribution is 9.10. The van der Waals surface area contributed by atoms with Crippen LogP contribution >= 0.6 is 15.9 Å². The van der Waals surface area contributed by atoms with E-state index in [4.69, 9.17) is 11.5 Å². The molecule has 0 heterocycles. The number of nitrogens with one attached hydrogen (secondary N) is 1. The second kappa shape index (κ2) is 5.39. The van der Waals surface area contributed by atoms with Crippen molar-refractivity contribution in [3.63, 3.8) is 0 Å². The number of halogens is 1. The Labute approximate surface area is 114 Å². The Morgan fingerprint density at radius 3 is 2.56 bits per heavy atom. The smallest absolute Gasteiger partial charge is 0.252 e. The Bertz CT molecular complexity index is 486. The minimum atomic E-state index is -0.789. The summed E-state index contributed by atoms with van der Waals surface area (Å²) in [4.78, 5) is 23.1. The van der Waals surface area contributed by atoms with Crippen LogP contribution in [0.15, 0.2) is 22.7 Å². The number of rotatable bonds is 4. The summed E-state index contributed by atoms with van der Waals surface area (Å²) in [6, 6.07) is 4.95. The van der Waals surface area contributed by atoms with E-state index in [2.05, 4.69) is 21.2 Å². The predicted molar refractivity (Wildman–Crippen MR) is 73.9 cm³/mol. The van der Waals surface area contributed by atoms with Gasteiger partial charge in [-0.25, -0.2) is 0 Å². The van der Waals surface area contributed by atoms with Crippen LogP contribution in [0.1, 0.15) is 24.2 Å². The van der Waals surface area contributed by atoms with Gasteiger partial charge in [-0.15, -0.1) is 0 Å². The van der Waals surface area contributed by atoms with Crippen molar-refractivity contribution < 1.29 is 9.59 Å². The third-order valence-corrected chi connectivity index (χ3v) is 3.28. The van der Waals surface area contributed by atoms with E-state index in [1.165, 1.54) is 0 Å². The summed E-state index contributed by atoms with van der Waals surface area (Å²) in [6.07, 6.45) is 0. The molecular weight excluding hydrogens is 298 g/mol. The third-order valence-electron chi connectivity index (χ3n) is 2.59. The molecule has 0 aromatic heterocycles. The van der Waals surface area contributed by atoms with E-state index in [1.807, 2.05) is 0 Å². The van der Waals surface area contributed by atoms with Gasteiger partial charge in [0.2, 0.25) is 5.91 Å². The van der Waals surface area contributed by atoms with Gasteiger partial charge in [0.05, 0.1) is 11.0 Å². The zero-order chi connectivity index (χ0) is 13.9.